The molecule has 0 aromatic heterocycles. The van der Waals surface area contributed by atoms with E-state index in [-0.39, 0.29) is 5.91 Å². The average molecular weight is 140 g/mol. The van der Waals surface area contributed by atoms with Crippen LogP contribution in [-0.2, 0) is 4.79 Å². The Kier molecular flexibility index (Phi) is 5.03. The fraction of sp³-hybridized carbons (Fsp3) is 0.833. The van der Waals surface area contributed by atoms with Gasteiger partial charge in [-0.05, 0) is 13.1 Å². The second-order valence-corrected chi connectivity index (χ2v) is 2.03. The zero-order valence-corrected chi connectivity index (χ0v) is 6.55. The van der Waals surface area contributed by atoms with Crippen LogP contribution in [-0.4, -0.2) is 38.4 Å². The van der Waals surface area contributed by atoms with Gasteiger partial charge >= 0.3 is 0 Å². The summed E-state index contributed by atoms with van der Waals surface area (Å²) in [5, 5.41) is 2.08. The molecule has 0 aliphatic heterocycles. The maximum atomic E-state index is 10.7. The van der Waals surface area contributed by atoms with Gasteiger partial charge in [-0.15, -0.1) is 0 Å². The molecule has 0 saturated carbocycles. The van der Waals surface area contributed by atoms with Crippen LogP contribution in [0.2, 0.25) is 0 Å². The number of carbonyl (C=O) groups is 1. The summed E-state index contributed by atoms with van der Waals surface area (Å²) in [6.45, 7) is 6.16. The van der Waals surface area contributed by atoms with Crippen molar-refractivity contribution in [1.82, 2.24) is 10.1 Å². The molecule has 0 unspecified atom stereocenters. The van der Waals surface area contributed by atoms with Crippen LogP contribution < -0.4 is 5.23 Å². The number of hydrogen-bond donors (Lipinski definition) is 1. The van der Waals surface area contributed by atoms with Crippen molar-refractivity contribution in [3.8, 4) is 0 Å². The fourth-order valence-corrected chi connectivity index (χ4v) is 0.696. The van der Waals surface area contributed by atoms with E-state index in [1.807, 2.05) is 18.7 Å². The second-order valence-electron chi connectivity index (χ2n) is 2.03. The van der Waals surface area contributed by atoms with Crippen molar-refractivity contribution in [2.75, 3.05) is 19.6 Å². The molecular formula is C6H13BN2O. The van der Waals surface area contributed by atoms with E-state index in [4.69, 9.17) is 7.98 Å². The zero-order chi connectivity index (χ0) is 7.98. The van der Waals surface area contributed by atoms with Gasteiger partial charge in [0.25, 0.3) is 0 Å². The Morgan fingerprint density at radius 2 is 2.00 bits per heavy atom. The highest BCUT2D eigenvalue weighted by Gasteiger charge is 2.02. The minimum atomic E-state index is -0.135. The smallest absolute Gasteiger partial charge is 0.226 e. The van der Waals surface area contributed by atoms with Crippen LogP contribution in [0.4, 0.5) is 0 Å². The third kappa shape index (κ3) is 3.51. The maximum Gasteiger partial charge on any atom is 0.226 e. The highest BCUT2D eigenvalue weighted by Crippen LogP contribution is 1.84. The summed E-state index contributed by atoms with van der Waals surface area (Å²) in [6.07, 6.45) is 0. The predicted octanol–water partition coefficient (Wildman–Crippen LogP) is -0.472. The fourth-order valence-electron chi connectivity index (χ4n) is 0.696. The molecule has 0 saturated heterocycles. The number of carbonyl (C=O) groups excluding carboxylic acids is 1. The predicted molar refractivity (Wildman–Crippen MR) is 41.7 cm³/mol. The van der Waals surface area contributed by atoms with Crippen LogP contribution in [0.15, 0.2) is 0 Å². The van der Waals surface area contributed by atoms with Gasteiger partial charge in [-0.25, -0.2) is 0 Å². The van der Waals surface area contributed by atoms with Gasteiger partial charge in [0.15, 0.2) is 0 Å². The summed E-state index contributed by atoms with van der Waals surface area (Å²) in [5.41, 5.74) is 0. The van der Waals surface area contributed by atoms with Crippen molar-refractivity contribution < 1.29 is 4.79 Å². The van der Waals surface area contributed by atoms with Crippen LogP contribution in [0.25, 0.3) is 0 Å². The second kappa shape index (κ2) is 5.29. The molecule has 0 heterocycles. The first-order valence-electron chi connectivity index (χ1n) is 3.46. The van der Waals surface area contributed by atoms with E-state index in [1.165, 1.54) is 0 Å². The molecule has 0 aromatic rings. The lowest BCUT2D eigenvalue weighted by molar-refractivity contribution is -0.120. The molecule has 3 nitrogen and oxygen atoms in total. The van der Waals surface area contributed by atoms with Gasteiger partial charge in [-0.2, -0.15) is 0 Å². The first-order chi connectivity index (χ1) is 4.74. The molecule has 1 N–H and O–H groups in total. The first-order valence-corrected chi connectivity index (χ1v) is 3.46. The van der Waals surface area contributed by atoms with E-state index >= 15 is 0 Å². The van der Waals surface area contributed by atoms with Gasteiger partial charge in [0.2, 0.25) is 13.9 Å². The van der Waals surface area contributed by atoms with Crippen LogP contribution in [0.3, 0.4) is 0 Å². The topological polar surface area (TPSA) is 32.3 Å². The Morgan fingerprint density at radius 3 is 2.30 bits per heavy atom. The lowest BCUT2D eigenvalue weighted by Crippen LogP contribution is -2.35. The summed E-state index contributed by atoms with van der Waals surface area (Å²) in [6, 6.07) is 0. The third-order valence-corrected chi connectivity index (χ3v) is 1.42. The molecule has 0 aliphatic carbocycles. The van der Waals surface area contributed by atoms with Crippen molar-refractivity contribution in [2.45, 2.75) is 13.8 Å². The number of likely N-dealkylation sites (N-methyl/N-ethyl adjacent to an activating group) is 1. The standard InChI is InChI=1S/C6H13BN2O/c1-3-9(4-2)5-6(10)8-7/h3-5H2,1-2H3,(H,8,10). The first kappa shape index (κ1) is 9.49. The molecule has 0 aromatic carbocycles. The quantitative estimate of drug-likeness (QED) is 0.535. The van der Waals surface area contributed by atoms with E-state index < -0.39 is 0 Å². The molecule has 0 spiro atoms. The molecule has 10 heavy (non-hydrogen) atoms. The Morgan fingerprint density at radius 1 is 1.50 bits per heavy atom. The van der Waals surface area contributed by atoms with E-state index in [0.29, 0.717) is 6.54 Å². The van der Waals surface area contributed by atoms with E-state index in [9.17, 15) is 4.79 Å². The Hall–Kier alpha value is -0.505. The molecule has 0 rings (SSSR count). The Balaban J connectivity index is 3.52. The largest absolute Gasteiger partial charge is 0.408 e. The average Bonchev–Trinajstić information content (AvgIpc) is 1.99. The third-order valence-electron chi connectivity index (χ3n) is 1.42. The van der Waals surface area contributed by atoms with Crippen molar-refractivity contribution in [1.29, 1.82) is 0 Å². The molecule has 0 bridgehead atoms. The zero-order valence-electron chi connectivity index (χ0n) is 6.55. The van der Waals surface area contributed by atoms with Crippen molar-refractivity contribution >= 4 is 13.9 Å². The molecular weight excluding hydrogens is 127 g/mol. The number of nitrogens with zero attached hydrogens (tertiary/aromatic N) is 1. The van der Waals surface area contributed by atoms with Gasteiger partial charge in [0, 0.05) is 0 Å². The molecule has 0 atom stereocenters. The highest BCUT2D eigenvalue weighted by molar-refractivity contribution is 6.14. The summed E-state index contributed by atoms with van der Waals surface area (Å²) in [4.78, 5) is 12.7. The molecule has 0 fully saturated rings. The maximum absolute atomic E-state index is 10.7. The number of amides is 1. The van der Waals surface area contributed by atoms with E-state index in [1.54, 1.807) is 0 Å². The van der Waals surface area contributed by atoms with Gasteiger partial charge in [-0.3, -0.25) is 9.69 Å². The lowest BCUT2D eigenvalue weighted by Gasteiger charge is -2.16. The van der Waals surface area contributed by atoms with Crippen LogP contribution >= 0.6 is 0 Å². The summed E-state index contributed by atoms with van der Waals surface area (Å²) in [5.74, 6) is -0.135. The van der Waals surface area contributed by atoms with E-state index in [2.05, 4.69) is 5.23 Å². The molecule has 4 heteroatoms. The molecule has 56 valence electrons. The van der Waals surface area contributed by atoms with Gasteiger partial charge in [0.1, 0.15) is 0 Å². The number of hydrogen-bond acceptors (Lipinski definition) is 2. The van der Waals surface area contributed by atoms with Gasteiger partial charge < -0.3 is 5.23 Å². The minimum Gasteiger partial charge on any atom is -0.408 e. The number of nitrogens with one attached hydrogen (secondary N) is 1. The van der Waals surface area contributed by atoms with Gasteiger partial charge in [-0.1, -0.05) is 13.8 Å². The van der Waals surface area contributed by atoms with Crippen molar-refractivity contribution in [2.24, 2.45) is 0 Å². The molecule has 0 aliphatic rings. The summed E-state index contributed by atoms with van der Waals surface area (Å²) < 4.78 is 0. The van der Waals surface area contributed by atoms with Crippen LogP contribution in [0, 0.1) is 0 Å². The number of rotatable bonds is 4. The lowest BCUT2D eigenvalue weighted by atomic mass is 10.3. The summed E-state index contributed by atoms with van der Waals surface area (Å²) in [7, 11) is 4.90. The van der Waals surface area contributed by atoms with Crippen molar-refractivity contribution in [3.63, 3.8) is 0 Å². The molecule has 2 radical (unpaired) electrons. The Bertz CT molecular complexity index is 104. The van der Waals surface area contributed by atoms with Gasteiger partial charge in [0.05, 0.1) is 6.54 Å². The summed E-state index contributed by atoms with van der Waals surface area (Å²) >= 11 is 0. The molecule has 1 amide bonds. The Labute approximate surface area is 63.2 Å². The normalized spacial score (nSPS) is 9.90. The minimum absolute atomic E-state index is 0.135. The van der Waals surface area contributed by atoms with Crippen LogP contribution in [0.5, 0.6) is 0 Å². The highest BCUT2D eigenvalue weighted by atomic mass is 16.1. The monoisotopic (exact) mass is 140 g/mol. The van der Waals surface area contributed by atoms with Crippen molar-refractivity contribution in [3.05, 3.63) is 0 Å². The van der Waals surface area contributed by atoms with Crippen LogP contribution in [0.1, 0.15) is 13.8 Å². The SMILES string of the molecule is [B]NC(=O)CN(CC)CC. The van der Waals surface area contributed by atoms with E-state index in [0.717, 1.165) is 13.1 Å².